The van der Waals surface area contributed by atoms with Crippen molar-refractivity contribution < 1.29 is 20.4 Å². The molecule has 0 fully saturated rings. The van der Waals surface area contributed by atoms with Crippen molar-refractivity contribution in [3.8, 4) is 0 Å². The molecule has 0 aliphatic carbocycles. The van der Waals surface area contributed by atoms with E-state index in [1.54, 1.807) is 0 Å². The Morgan fingerprint density at radius 1 is 0.269 bits per heavy atom. The van der Waals surface area contributed by atoms with Gasteiger partial charge in [0.1, 0.15) is 0 Å². The molecule has 2 rings (SSSR count). The van der Waals surface area contributed by atoms with Gasteiger partial charge in [-0.15, -0.1) is 0 Å². The van der Waals surface area contributed by atoms with Crippen LogP contribution in [0.4, 0.5) is 11.4 Å². The summed E-state index contributed by atoms with van der Waals surface area (Å²) in [6.07, 6.45) is 64.0. The van der Waals surface area contributed by atoms with Gasteiger partial charge in [-0.3, -0.25) is 9.98 Å². The molecule has 388 valence electrons. The molecule has 3 heteroatoms. The first kappa shape index (κ1) is 63.5. The molecule has 0 atom stereocenters. The van der Waals surface area contributed by atoms with E-state index in [1.165, 1.54) is 287 Å². The van der Waals surface area contributed by atoms with Crippen molar-refractivity contribution in [3.05, 3.63) is 59.7 Å². The normalized spacial score (nSPS) is 12.0. The standard InChI is InChI=1S/C64H112N2.Pd/c1-5-9-12-14-16-18-20-22-24-26-28-30-32-34-36-38-40-42-44-46-48-59-51-55-61(56-52-59)65-63(8-4)64(50-11-7-3)66-62-57-53-60(54-58-62)49-47-45-43-41-39-37-35-33-31-29-27-25-23-21-19-17-15-13-10-6-2;/h51-58H,5-50H2,1-4H3;. The molecular weight excluding hydrogens is 903 g/mol. The van der Waals surface area contributed by atoms with Gasteiger partial charge in [0.2, 0.25) is 0 Å². The summed E-state index contributed by atoms with van der Waals surface area (Å²) in [4.78, 5) is 10.4. The summed E-state index contributed by atoms with van der Waals surface area (Å²) in [5.74, 6) is 0. The Morgan fingerprint density at radius 2 is 0.493 bits per heavy atom. The van der Waals surface area contributed by atoms with Crippen molar-refractivity contribution in [3.63, 3.8) is 0 Å². The monoisotopic (exact) mass is 1010 g/mol. The summed E-state index contributed by atoms with van der Waals surface area (Å²) >= 11 is 0. The average molecular weight is 1020 g/mol. The van der Waals surface area contributed by atoms with Crippen LogP contribution in [0.3, 0.4) is 0 Å². The van der Waals surface area contributed by atoms with Crippen molar-refractivity contribution in [2.75, 3.05) is 0 Å². The van der Waals surface area contributed by atoms with Crippen molar-refractivity contribution in [1.29, 1.82) is 0 Å². The van der Waals surface area contributed by atoms with E-state index in [4.69, 9.17) is 9.98 Å². The van der Waals surface area contributed by atoms with Gasteiger partial charge in [-0.2, -0.15) is 0 Å². The molecule has 0 aliphatic heterocycles. The molecule has 0 spiro atoms. The Bertz CT molecular complexity index is 1360. The predicted octanol–water partition coefficient (Wildman–Crippen LogP) is 22.9. The third-order valence-electron chi connectivity index (χ3n) is 14.5. The molecule has 2 aromatic carbocycles. The van der Waals surface area contributed by atoms with E-state index in [0.29, 0.717) is 0 Å². The molecule has 0 saturated carbocycles. The fraction of sp³-hybridized carbons (Fsp3) is 0.781. The van der Waals surface area contributed by atoms with Crippen molar-refractivity contribution in [2.45, 2.75) is 323 Å². The van der Waals surface area contributed by atoms with Crippen molar-refractivity contribution >= 4 is 22.8 Å². The second-order valence-electron chi connectivity index (χ2n) is 20.8. The van der Waals surface area contributed by atoms with Gasteiger partial charge in [0, 0.05) is 20.4 Å². The third-order valence-corrected chi connectivity index (χ3v) is 14.5. The fourth-order valence-corrected chi connectivity index (χ4v) is 9.91. The Hall–Kier alpha value is -1.56. The van der Waals surface area contributed by atoms with Gasteiger partial charge in [0.15, 0.2) is 0 Å². The van der Waals surface area contributed by atoms with Gasteiger partial charge >= 0.3 is 0 Å². The van der Waals surface area contributed by atoms with Gasteiger partial charge in [-0.25, -0.2) is 0 Å². The van der Waals surface area contributed by atoms with Gasteiger partial charge < -0.3 is 0 Å². The molecule has 0 radical (unpaired) electrons. The third kappa shape index (κ3) is 38.8. The minimum Gasteiger partial charge on any atom is -0.252 e. The van der Waals surface area contributed by atoms with Gasteiger partial charge in [0.25, 0.3) is 0 Å². The second-order valence-corrected chi connectivity index (χ2v) is 20.8. The number of rotatable bonds is 49. The minimum absolute atomic E-state index is 0. The first-order chi connectivity index (χ1) is 32.7. The molecule has 0 amide bonds. The average Bonchev–Trinajstić information content (AvgIpc) is 3.34. The van der Waals surface area contributed by atoms with E-state index >= 15 is 0 Å². The molecule has 0 bridgehead atoms. The molecule has 67 heavy (non-hydrogen) atoms. The maximum atomic E-state index is 5.21. The van der Waals surface area contributed by atoms with Crippen molar-refractivity contribution in [1.82, 2.24) is 0 Å². The van der Waals surface area contributed by atoms with Crippen LogP contribution in [0.15, 0.2) is 58.5 Å². The zero-order valence-electron chi connectivity index (χ0n) is 45.4. The smallest absolute Gasteiger partial charge is 0.0633 e. The summed E-state index contributed by atoms with van der Waals surface area (Å²) in [6, 6.07) is 18.2. The second kappa shape index (κ2) is 49.4. The summed E-state index contributed by atoms with van der Waals surface area (Å²) in [6.45, 7) is 9.12. The summed E-state index contributed by atoms with van der Waals surface area (Å²) in [5, 5.41) is 0. The van der Waals surface area contributed by atoms with Crippen LogP contribution in [0.25, 0.3) is 0 Å². The van der Waals surface area contributed by atoms with Crippen LogP contribution in [-0.4, -0.2) is 11.4 Å². The zero-order chi connectivity index (χ0) is 47.1. The molecule has 0 unspecified atom stereocenters. The molecular formula is C64H112N2Pd. The number of nitrogens with zero attached hydrogens (tertiary/aromatic N) is 2. The van der Waals surface area contributed by atoms with Gasteiger partial charge in [0.05, 0.1) is 22.8 Å². The van der Waals surface area contributed by atoms with E-state index in [2.05, 4.69) is 76.2 Å². The molecule has 0 aromatic heterocycles. The minimum atomic E-state index is 0. The first-order valence-corrected chi connectivity index (χ1v) is 30.0. The Balaban J connectivity index is 0.0000224. The number of hydrogen-bond donors (Lipinski definition) is 0. The van der Waals surface area contributed by atoms with Crippen LogP contribution in [-0.2, 0) is 33.3 Å². The summed E-state index contributed by atoms with van der Waals surface area (Å²) in [7, 11) is 0. The number of aliphatic imine (C=N–C) groups is 2. The first-order valence-electron chi connectivity index (χ1n) is 30.0. The molecule has 2 aromatic rings. The van der Waals surface area contributed by atoms with Crippen LogP contribution in [0.5, 0.6) is 0 Å². The number of unbranched alkanes of at least 4 members (excludes halogenated alkanes) is 39. The maximum absolute atomic E-state index is 5.21. The van der Waals surface area contributed by atoms with Crippen LogP contribution in [0, 0.1) is 0 Å². The topological polar surface area (TPSA) is 24.7 Å². The molecule has 0 heterocycles. The zero-order valence-corrected chi connectivity index (χ0v) is 46.9. The largest absolute Gasteiger partial charge is 0.252 e. The summed E-state index contributed by atoms with van der Waals surface area (Å²) < 4.78 is 0. The predicted molar refractivity (Wildman–Crippen MR) is 300 cm³/mol. The number of hydrogen-bond acceptors (Lipinski definition) is 2. The number of benzene rings is 2. The Morgan fingerprint density at radius 3 is 0.731 bits per heavy atom. The van der Waals surface area contributed by atoms with E-state index in [0.717, 1.165) is 42.1 Å². The fourth-order valence-electron chi connectivity index (χ4n) is 9.91. The van der Waals surface area contributed by atoms with Crippen molar-refractivity contribution in [2.24, 2.45) is 9.98 Å². The molecule has 2 nitrogen and oxygen atoms in total. The maximum Gasteiger partial charge on any atom is 0.0633 e. The Labute approximate surface area is 433 Å². The molecule has 0 N–H and O–H groups in total. The van der Waals surface area contributed by atoms with Gasteiger partial charge in [-0.05, 0) is 80.3 Å². The summed E-state index contributed by atoms with van der Waals surface area (Å²) in [5.41, 5.74) is 7.33. The van der Waals surface area contributed by atoms with E-state index in [9.17, 15) is 0 Å². The van der Waals surface area contributed by atoms with E-state index in [1.807, 2.05) is 0 Å². The molecule has 0 saturated heterocycles. The van der Waals surface area contributed by atoms with Crippen LogP contribution >= 0.6 is 0 Å². The number of aryl methyl sites for hydroxylation is 2. The van der Waals surface area contributed by atoms with Crippen LogP contribution in [0.1, 0.15) is 321 Å². The quantitative estimate of drug-likeness (QED) is 0.0358. The Kier molecular flexibility index (Phi) is 46.8. The molecule has 0 aliphatic rings. The van der Waals surface area contributed by atoms with Crippen LogP contribution in [0.2, 0.25) is 0 Å². The van der Waals surface area contributed by atoms with Gasteiger partial charge in [-0.1, -0.05) is 302 Å². The van der Waals surface area contributed by atoms with Crippen LogP contribution < -0.4 is 0 Å². The van der Waals surface area contributed by atoms with E-state index < -0.39 is 0 Å². The van der Waals surface area contributed by atoms with E-state index in [-0.39, 0.29) is 20.4 Å². The SMILES string of the molecule is CCCCCCCCCCCCCCCCCCCCCCc1ccc(N=C(CC)C(CCCC)=Nc2ccc(CCCCCCCCCCCCCCCCCCCCCC)cc2)cc1.[Pd].